The Labute approximate surface area is 54.6 Å². The number of hydrogen-bond donors (Lipinski definition) is 0. The van der Waals surface area contributed by atoms with Crippen molar-refractivity contribution < 1.29 is 4.74 Å². The second-order valence-electron chi connectivity index (χ2n) is 0.678. The maximum absolute atomic E-state index is 4.76. The Balaban J connectivity index is 0. The molecule has 0 aliphatic heterocycles. The normalized spacial score (nSPS) is 6.86. The van der Waals surface area contributed by atoms with Gasteiger partial charge in [-0.2, -0.15) is 0 Å². The van der Waals surface area contributed by atoms with Crippen LogP contribution in [0.3, 0.4) is 0 Å². The molecule has 0 bridgehead atoms. The highest BCUT2D eigenvalue weighted by atomic mass is 35.5. The molecular weight excluding hydrogens is 135 g/mol. The Hall–Kier alpha value is 0.540. The minimum atomic E-state index is 0.194. The van der Waals surface area contributed by atoms with Crippen molar-refractivity contribution in [1.82, 2.24) is 0 Å². The lowest BCUT2D eigenvalue weighted by Crippen LogP contribution is -1.73. The average Bonchev–Trinajstić information content (AvgIpc) is 1.69. The zero-order chi connectivity index (χ0) is 6.12. The fourth-order valence-corrected chi connectivity index (χ4v) is 0. The van der Waals surface area contributed by atoms with Gasteiger partial charge in [-0.3, -0.25) is 0 Å². The minimum absolute atomic E-state index is 0.194. The zero-order valence-corrected chi connectivity index (χ0v) is 6.09. The van der Waals surface area contributed by atoms with Crippen LogP contribution in [0.15, 0.2) is 0 Å². The van der Waals surface area contributed by atoms with Crippen LogP contribution in [0, 0.1) is 0 Å². The average molecular weight is 145 g/mol. The Kier molecular flexibility index (Phi) is 24.0. The Morgan fingerprint density at radius 1 is 1.43 bits per heavy atom. The maximum atomic E-state index is 4.76. The van der Waals surface area contributed by atoms with Crippen LogP contribution in [0.4, 0.5) is 0 Å². The minimum Gasteiger partial charge on any atom is -0.385 e. The monoisotopic (exact) mass is 144 g/mol. The summed E-state index contributed by atoms with van der Waals surface area (Å²) < 4.78 is 4.54. The topological polar surface area (TPSA) is 9.23 Å². The summed E-state index contributed by atoms with van der Waals surface area (Å²) in [6.07, 6.45) is 0. The number of ether oxygens (including phenoxy) is 1. The van der Waals surface area contributed by atoms with Crippen LogP contribution in [-0.4, -0.2) is 19.1 Å². The molecule has 0 unspecified atom stereocenters. The van der Waals surface area contributed by atoms with E-state index in [-0.39, 0.29) is 5.34 Å². The van der Waals surface area contributed by atoms with E-state index in [1.807, 2.05) is 6.92 Å². The van der Waals surface area contributed by atoms with Crippen LogP contribution < -0.4 is 0 Å². The third-order valence-corrected chi connectivity index (χ3v) is 0.289. The van der Waals surface area contributed by atoms with Gasteiger partial charge in [0.15, 0.2) is 0 Å². The van der Waals surface area contributed by atoms with Crippen molar-refractivity contribution in [2.24, 2.45) is 0 Å². The summed E-state index contributed by atoms with van der Waals surface area (Å²) in [5.74, 6) is 0. The van der Waals surface area contributed by atoms with Gasteiger partial charge in [0, 0.05) is 13.7 Å². The third kappa shape index (κ3) is 56.8. The highest BCUT2D eigenvalue weighted by Crippen LogP contribution is 1.73. The molecule has 0 aromatic heterocycles. The fraction of sp³-hybridized carbons (Fsp3) is 1.00. The van der Waals surface area contributed by atoms with Crippen molar-refractivity contribution >= 4 is 23.2 Å². The highest BCUT2D eigenvalue weighted by molar-refractivity contribution is 6.40. The smallest absolute Gasteiger partial charge is 0.0967 e. The molecule has 0 aliphatic carbocycles. The van der Waals surface area contributed by atoms with E-state index in [0.29, 0.717) is 0 Å². The third-order valence-electron chi connectivity index (χ3n) is 0.289. The first kappa shape index (κ1) is 10.5. The van der Waals surface area contributed by atoms with Crippen molar-refractivity contribution in [3.63, 3.8) is 0 Å². The summed E-state index contributed by atoms with van der Waals surface area (Å²) in [6, 6.07) is 0. The predicted octanol–water partition coefficient (Wildman–Crippen LogP) is 2.07. The van der Waals surface area contributed by atoms with Gasteiger partial charge in [0.05, 0.1) is 5.34 Å². The first-order valence-corrected chi connectivity index (χ1v) is 3.01. The van der Waals surface area contributed by atoms with Crippen LogP contribution in [0.1, 0.15) is 6.92 Å². The Bertz CT molecular complexity index is 17.2. The number of hydrogen-bond acceptors (Lipinski definition) is 1. The first-order chi connectivity index (χ1) is 3.33. The largest absolute Gasteiger partial charge is 0.385 e. The molecule has 7 heavy (non-hydrogen) atoms. The summed E-state index contributed by atoms with van der Waals surface area (Å²) in [6.45, 7) is 2.78. The van der Waals surface area contributed by atoms with Gasteiger partial charge >= 0.3 is 0 Å². The molecule has 0 N–H and O–H groups in total. The second-order valence-corrected chi connectivity index (χ2v) is 1.49. The summed E-state index contributed by atoms with van der Waals surface area (Å²) in [4.78, 5) is 0. The summed E-state index contributed by atoms with van der Waals surface area (Å²) in [7, 11) is 1.68. The quantitative estimate of drug-likeness (QED) is 0.513. The van der Waals surface area contributed by atoms with Crippen molar-refractivity contribution in [3.05, 3.63) is 0 Å². The highest BCUT2D eigenvalue weighted by Gasteiger charge is 1.51. The molecule has 0 amide bonds. The van der Waals surface area contributed by atoms with Crippen LogP contribution in [0.2, 0.25) is 0 Å². The Morgan fingerprint density at radius 2 is 1.57 bits per heavy atom. The van der Waals surface area contributed by atoms with E-state index < -0.39 is 0 Å². The van der Waals surface area contributed by atoms with E-state index >= 15 is 0 Å². The van der Waals surface area contributed by atoms with Crippen molar-refractivity contribution in [2.75, 3.05) is 19.1 Å². The lowest BCUT2D eigenvalue weighted by molar-refractivity contribution is 0.215. The lowest BCUT2D eigenvalue weighted by Gasteiger charge is -1.76. The molecule has 0 aromatic carbocycles. The van der Waals surface area contributed by atoms with Gasteiger partial charge in [-0.1, -0.05) is 0 Å². The van der Waals surface area contributed by atoms with Crippen molar-refractivity contribution in [2.45, 2.75) is 6.92 Å². The van der Waals surface area contributed by atoms with E-state index in [0.717, 1.165) is 6.61 Å². The van der Waals surface area contributed by atoms with Gasteiger partial charge < -0.3 is 4.74 Å². The number of rotatable bonds is 1. The van der Waals surface area contributed by atoms with Crippen LogP contribution >= 0.6 is 23.2 Å². The van der Waals surface area contributed by atoms with E-state index in [4.69, 9.17) is 23.2 Å². The molecule has 0 saturated heterocycles. The molecule has 0 fully saturated rings. The second kappa shape index (κ2) is 16.0. The molecule has 1 nitrogen and oxygen atoms in total. The molecule has 0 aromatic rings. The molecule has 3 heteroatoms. The van der Waals surface area contributed by atoms with E-state index in [1.165, 1.54) is 0 Å². The molecule has 0 aliphatic rings. The standard InChI is InChI=1S/C3H8O.CH2Cl2/c1-3-4-2;2-1-3/h3H2,1-2H3;1H2. The maximum Gasteiger partial charge on any atom is 0.0967 e. The van der Waals surface area contributed by atoms with Crippen LogP contribution in [0.5, 0.6) is 0 Å². The molecule has 0 spiro atoms. The SMILES string of the molecule is CCOC.ClCCl. The van der Waals surface area contributed by atoms with Gasteiger partial charge in [0.25, 0.3) is 0 Å². The van der Waals surface area contributed by atoms with Gasteiger partial charge in [0.1, 0.15) is 0 Å². The van der Waals surface area contributed by atoms with Gasteiger partial charge in [0.2, 0.25) is 0 Å². The molecule has 0 heterocycles. The molecule has 46 valence electrons. The lowest BCUT2D eigenvalue weighted by atomic mass is 10.9. The number of alkyl halides is 2. The Morgan fingerprint density at radius 3 is 1.57 bits per heavy atom. The summed E-state index contributed by atoms with van der Waals surface area (Å²) in [5.41, 5.74) is 0. The van der Waals surface area contributed by atoms with Gasteiger partial charge in [-0.15, -0.1) is 23.2 Å². The fourth-order valence-electron chi connectivity index (χ4n) is 0. The number of methoxy groups -OCH3 is 1. The summed E-state index contributed by atoms with van der Waals surface area (Å²) in [5, 5.41) is 0.194. The summed E-state index contributed by atoms with van der Waals surface area (Å²) >= 11 is 9.53. The van der Waals surface area contributed by atoms with Gasteiger partial charge in [-0.05, 0) is 6.92 Å². The van der Waals surface area contributed by atoms with Gasteiger partial charge in [-0.25, -0.2) is 0 Å². The zero-order valence-electron chi connectivity index (χ0n) is 4.58. The first-order valence-electron chi connectivity index (χ1n) is 1.94. The molecule has 0 radical (unpaired) electrons. The molecular formula is C4H10Cl2O. The molecule has 0 atom stereocenters. The number of halogens is 2. The predicted molar refractivity (Wildman–Crippen MR) is 34.1 cm³/mol. The van der Waals surface area contributed by atoms with E-state index in [1.54, 1.807) is 7.11 Å². The van der Waals surface area contributed by atoms with Crippen molar-refractivity contribution in [1.29, 1.82) is 0 Å². The van der Waals surface area contributed by atoms with Crippen LogP contribution in [-0.2, 0) is 4.74 Å². The van der Waals surface area contributed by atoms with Crippen LogP contribution in [0.25, 0.3) is 0 Å². The van der Waals surface area contributed by atoms with E-state index in [9.17, 15) is 0 Å². The molecule has 0 rings (SSSR count). The molecule has 0 saturated carbocycles. The van der Waals surface area contributed by atoms with Crippen molar-refractivity contribution in [3.8, 4) is 0 Å². The van der Waals surface area contributed by atoms with E-state index in [2.05, 4.69) is 4.74 Å².